The van der Waals surface area contributed by atoms with Crippen molar-refractivity contribution in [1.82, 2.24) is 10.2 Å². The highest BCUT2D eigenvalue weighted by atomic mass is 16.5. The Kier molecular flexibility index (Phi) is 4.12. The van der Waals surface area contributed by atoms with E-state index in [1.807, 2.05) is 43.4 Å². The maximum Gasteiger partial charge on any atom is 0.148 e. The number of rotatable bonds is 5. The highest BCUT2D eigenvalue weighted by molar-refractivity contribution is 5.60. The summed E-state index contributed by atoms with van der Waals surface area (Å²) >= 11 is 0. The zero-order valence-electron chi connectivity index (χ0n) is 10.7. The zero-order valence-corrected chi connectivity index (χ0v) is 10.7. The zero-order chi connectivity index (χ0) is 12.8. The maximum absolute atomic E-state index is 5.54. The van der Waals surface area contributed by atoms with Crippen LogP contribution in [0.1, 0.15) is 13.3 Å². The van der Waals surface area contributed by atoms with Gasteiger partial charge in [-0.15, -0.1) is 10.2 Å². The molecule has 0 amide bonds. The fraction of sp³-hybridized carbons (Fsp3) is 0.286. The molecular formula is C14H17N3O. The van der Waals surface area contributed by atoms with Crippen molar-refractivity contribution in [3.63, 3.8) is 0 Å². The van der Waals surface area contributed by atoms with Crippen LogP contribution in [0.25, 0.3) is 11.3 Å². The molecule has 94 valence electrons. The van der Waals surface area contributed by atoms with Gasteiger partial charge in [0.2, 0.25) is 0 Å². The van der Waals surface area contributed by atoms with E-state index < -0.39 is 0 Å². The molecule has 1 aromatic heterocycles. The van der Waals surface area contributed by atoms with Gasteiger partial charge in [0.25, 0.3) is 0 Å². The number of nitrogens with zero attached hydrogens (tertiary/aromatic N) is 2. The first-order valence-corrected chi connectivity index (χ1v) is 6.08. The molecule has 0 atom stereocenters. The van der Waals surface area contributed by atoms with Gasteiger partial charge in [-0.05, 0) is 42.8 Å². The normalized spacial score (nSPS) is 10.1. The van der Waals surface area contributed by atoms with Crippen molar-refractivity contribution in [1.29, 1.82) is 0 Å². The lowest BCUT2D eigenvalue weighted by Gasteiger charge is -2.05. The van der Waals surface area contributed by atoms with Crippen molar-refractivity contribution < 1.29 is 4.74 Å². The van der Waals surface area contributed by atoms with Crippen LogP contribution in [0.4, 0.5) is 5.82 Å². The fourth-order valence-electron chi connectivity index (χ4n) is 1.56. The molecule has 0 radical (unpaired) electrons. The molecule has 0 fully saturated rings. The topological polar surface area (TPSA) is 47.0 Å². The Hall–Kier alpha value is -2.10. The highest BCUT2D eigenvalue weighted by Crippen LogP contribution is 2.20. The molecule has 2 rings (SSSR count). The minimum atomic E-state index is 0.746. The average molecular weight is 243 g/mol. The average Bonchev–Trinajstić information content (AvgIpc) is 2.46. The number of hydrogen-bond donors (Lipinski definition) is 1. The van der Waals surface area contributed by atoms with Crippen LogP contribution in [-0.2, 0) is 0 Å². The van der Waals surface area contributed by atoms with E-state index in [9.17, 15) is 0 Å². The van der Waals surface area contributed by atoms with Crippen LogP contribution in [0.2, 0.25) is 0 Å². The van der Waals surface area contributed by atoms with Crippen molar-refractivity contribution in [2.45, 2.75) is 13.3 Å². The lowest BCUT2D eigenvalue weighted by Crippen LogP contribution is -1.96. The van der Waals surface area contributed by atoms with Crippen LogP contribution in [0.3, 0.4) is 0 Å². The van der Waals surface area contributed by atoms with Gasteiger partial charge in [0.15, 0.2) is 0 Å². The van der Waals surface area contributed by atoms with Crippen LogP contribution in [0.15, 0.2) is 36.4 Å². The SMILES string of the molecule is CCCOc1ccc(-c2ccc(NC)nn2)cc1. The van der Waals surface area contributed by atoms with E-state index in [0.717, 1.165) is 35.9 Å². The smallest absolute Gasteiger partial charge is 0.148 e. The first-order chi connectivity index (χ1) is 8.83. The van der Waals surface area contributed by atoms with Crippen LogP contribution >= 0.6 is 0 Å². The summed E-state index contributed by atoms with van der Waals surface area (Å²) in [5, 5.41) is 11.2. The number of hydrogen-bond acceptors (Lipinski definition) is 4. The van der Waals surface area contributed by atoms with E-state index in [1.165, 1.54) is 0 Å². The molecule has 0 saturated heterocycles. The minimum absolute atomic E-state index is 0.746. The maximum atomic E-state index is 5.54. The lowest BCUT2D eigenvalue weighted by atomic mass is 10.1. The van der Waals surface area contributed by atoms with Gasteiger partial charge in [-0.1, -0.05) is 6.92 Å². The molecule has 1 heterocycles. The van der Waals surface area contributed by atoms with Crippen LogP contribution in [0, 0.1) is 0 Å². The van der Waals surface area contributed by atoms with Gasteiger partial charge in [0, 0.05) is 12.6 Å². The third-order valence-electron chi connectivity index (χ3n) is 2.54. The summed E-state index contributed by atoms with van der Waals surface area (Å²) in [5.74, 6) is 1.65. The quantitative estimate of drug-likeness (QED) is 0.877. The summed E-state index contributed by atoms with van der Waals surface area (Å²) in [6, 6.07) is 11.8. The molecule has 4 nitrogen and oxygen atoms in total. The molecular weight excluding hydrogens is 226 g/mol. The Balaban J connectivity index is 2.12. The second kappa shape index (κ2) is 6.00. The van der Waals surface area contributed by atoms with E-state index in [4.69, 9.17) is 4.74 Å². The summed E-state index contributed by atoms with van der Waals surface area (Å²) in [5.41, 5.74) is 1.89. The van der Waals surface area contributed by atoms with Gasteiger partial charge in [0.1, 0.15) is 11.6 Å². The van der Waals surface area contributed by atoms with Crippen LogP contribution in [-0.4, -0.2) is 23.9 Å². The molecule has 0 bridgehead atoms. The molecule has 2 aromatic rings. The Morgan fingerprint density at radius 2 is 1.83 bits per heavy atom. The molecule has 0 aliphatic carbocycles. The first kappa shape index (κ1) is 12.4. The number of anilines is 1. The molecule has 0 aliphatic rings. The van der Waals surface area contributed by atoms with Crippen molar-refractivity contribution in [2.75, 3.05) is 19.0 Å². The van der Waals surface area contributed by atoms with Gasteiger partial charge < -0.3 is 10.1 Å². The van der Waals surface area contributed by atoms with Gasteiger partial charge in [-0.25, -0.2) is 0 Å². The highest BCUT2D eigenvalue weighted by Gasteiger charge is 2.01. The van der Waals surface area contributed by atoms with E-state index in [1.54, 1.807) is 0 Å². The van der Waals surface area contributed by atoms with Crippen LogP contribution in [0.5, 0.6) is 5.75 Å². The van der Waals surface area contributed by atoms with Crippen molar-refractivity contribution in [3.05, 3.63) is 36.4 Å². The second-order valence-corrected chi connectivity index (χ2v) is 3.93. The van der Waals surface area contributed by atoms with E-state index in [0.29, 0.717) is 0 Å². The third-order valence-corrected chi connectivity index (χ3v) is 2.54. The van der Waals surface area contributed by atoms with Crippen molar-refractivity contribution >= 4 is 5.82 Å². The number of aromatic nitrogens is 2. The molecule has 1 N–H and O–H groups in total. The van der Waals surface area contributed by atoms with E-state index >= 15 is 0 Å². The second-order valence-electron chi connectivity index (χ2n) is 3.93. The number of benzene rings is 1. The number of nitrogens with one attached hydrogen (secondary N) is 1. The predicted octanol–water partition coefficient (Wildman–Crippen LogP) is 2.97. The first-order valence-electron chi connectivity index (χ1n) is 6.08. The van der Waals surface area contributed by atoms with Gasteiger partial charge in [0.05, 0.1) is 12.3 Å². The molecule has 0 aliphatic heterocycles. The summed E-state index contributed by atoms with van der Waals surface area (Å²) in [4.78, 5) is 0. The Morgan fingerprint density at radius 3 is 2.39 bits per heavy atom. The van der Waals surface area contributed by atoms with Gasteiger partial charge in [-0.2, -0.15) is 0 Å². The molecule has 18 heavy (non-hydrogen) atoms. The van der Waals surface area contributed by atoms with E-state index in [-0.39, 0.29) is 0 Å². The Labute approximate surface area is 107 Å². The monoisotopic (exact) mass is 243 g/mol. The van der Waals surface area contributed by atoms with Gasteiger partial charge >= 0.3 is 0 Å². The fourth-order valence-corrected chi connectivity index (χ4v) is 1.56. The summed E-state index contributed by atoms with van der Waals surface area (Å²) in [7, 11) is 1.82. The Bertz CT molecular complexity index is 479. The molecule has 4 heteroatoms. The largest absolute Gasteiger partial charge is 0.494 e. The van der Waals surface area contributed by atoms with Crippen molar-refractivity contribution in [2.24, 2.45) is 0 Å². The van der Waals surface area contributed by atoms with Crippen LogP contribution < -0.4 is 10.1 Å². The molecule has 0 unspecified atom stereocenters. The molecule has 1 aromatic carbocycles. The molecule has 0 saturated carbocycles. The number of ether oxygens (including phenoxy) is 1. The standard InChI is InChI=1S/C14H17N3O/c1-3-10-18-12-6-4-11(5-7-12)13-8-9-14(15-2)17-16-13/h4-9H,3,10H2,1-2H3,(H,15,17). The van der Waals surface area contributed by atoms with Gasteiger partial charge in [-0.3, -0.25) is 0 Å². The Morgan fingerprint density at radius 1 is 1.06 bits per heavy atom. The third kappa shape index (κ3) is 2.97. The summed E-state index contributed by atoms with van der Waals surface area (Å²) < 4.78 is 5.54. The summed E-state index contributed by atoms with van der Waals surface area (Å²) in [6.07, 6.45) is 1.01. The lowest BCUT2D eigenvalue weighted by molar-refractivity contribution is 0.317. The van der Waals surface area contributed by atoms with Crippen molar-refractivity contribution in [3.8, 4) is 17.0 Å². The predicted molar refractivity (Wildman–Crippen MR) is 72.8 cm³/mol. The summed E-state index contributed by atoms with van der Waals surface area (Å²) in [6.45, 7) is 2.84. The van der Waals surface area contributed by atoms with E-state index in [2.05, 4.69) is 22.4 Å². The minimum Gasteiger partial charge on any atom is -0.494 e. The molecule has 0 spiro atoms.